The van der Waals surface area contributed by atoms with Crippen LogP contribution in [0.5, 0.6) is 0 Å². The number of aryl methyl sites for hydroxylation is 1. The van der Waals surface area contributed by atoms with E-state index in [9.17, 15) is 9.90 Å². The lowest BCUT2D eigenvalue weighted by atomic mass is 9.89. The van der Waals surface area contributed by atoms with Crippen molar-refractivity contribution < 1.29 is 15.0 Å². The zero-order chi connectivity index (χ0) is 13.0. The maximum Gasteiger partial charge on any atom is 0.304 e. The highest BCUT2D eigenvalue weighted by atomic mass is 16.4. The van der Waals surface area contributed by atoms with E-state index in [2.05, 4.69) is 19.9 Å². The fourth-order valence-corrected chi connectivity index (χ4v) is 1.94. The molecule has 0 bridgehead atoms. The molecule has 0 fully saturated rings. The topological polar surface area (TPSA) is 57.5 Å². The van der Waals surface area contributed by atoms with E-state index in [1.165, 1.54) is 5.56 Å². The van der Waals surface area contributed by atoms with E-state index >= 15 is 0 Å². The fourth-order valence-electron chi connectivity index (χ4n) is 1.94. The van der Waals surface area contributed by atoms with Crippen molar-refractivity contribution in [3.63, 3.8) is 0 Å². The van der Waals surface area contributed by atoms with Crippen LogP contribution in [0.4, 0.5) is 0 Å². The zero-order valence-electron chi connectivity index (χ0n) is 10.6. The highest BCUT2D eigenvalue weighted by Crippen LogP contribution is 2.26. The van der Waals surface area contributed by atoms with Crippen LogP contribution in [0.3, 0.4) is 0 Å². The van der Waals surface area contributed by atoms with Gasteiger partial charge < -0.3 is 10.2 Å². The lowest BCUT2D eigenvalue weighted by Gasteiger charge is -2.17. The molecule has 0 heterocycles. The second kappa shape index (κ2) is 5.82. The Balaban J connectivity index is 3.08. The summed E-state index contributed by atoms with van der Waals surface area (Å²) in [6.45, 7) is 6.01. The first-order valence-electron chi connectivity index (χ1n) is 5.88. The average molecular weight is 236 g/mol. The second-order valence-electron chi connectivity index (χ2n) is 4.75. The van der Waals surface area contributed by atoms with Gasteiger partial charge in [-0.25, -0.2) is 0 Å². The summed E-state index contributed by atoms with van der Waals surface area (Å²) in [4.78, 5) is 10.8. The Morgan fingerprint density at radius 1 is 1.35 bits per heavy atom. The van der Waals surface area contributed by atoms with Crippen molar-refractivity contribution in [3.8, 4) is 0 Å². The van der Waals surface area contributed by atoms with Gasteiger partial charge in [-0.3, -0.25) is 4.79 Å². The van der Waals surface area contributed by atoms with Gasteiger partial charge in [-0.1, -0.05) is 32.0 Å². The molecule has 3 nitrogen and oxygen atoms in total. The van der Waals surface area contributed by atoms with Crippen molar-refractivity contribution in [1.29, 1.82) is 0 Å². The molecule has 0 aliphatic rings. The average Bonchev–Trinajstić information content (AvgIpc) is 2.26. The zero-order valence-corrected chi connectivity index (χ0v) is 10.6. The molecule has 0 saturated carbocycles. The molecule has 0 amide bonds. The van der Waals surface area contributed by atoms with Crippen LogP contribution in [-0.2, 0) is 4.79 Å². The summed E-state index contributed by atoms with van der Waals surface area (Å²) >= 11 is 0. The number of aliphatic carboxylic acids is 1. The summed E-state index contributed by atoms with van der Waals surface area (Å²) in [6, 6.07) is 6.07. The molecule has 1 unspecified atom stereocenters. The van der Waals surface area contributed by atoms with Crippen molar-refractivity contribution in [1.82, 2.24) is 0 Å². The first-order chi connectivity index (χ1) is 7.95. The third-order valence-electron chi connectivity index (χ3n) is 3.05. The third-order valence-corrected chi connectivity index (χ3v) is 3.05. The SMILES string of the molecule is Cc1ccc(C(C)C)cc1C(CO)CC(=O)O. The van der Waals surface area contributed by atoms with Crippen LogP contribution in [-0.4, -0.2) is 22.8 Å². The molecule has 17 heavy (non-hydrogen) atoms. The van der Waals surface area contributed by atoms with Gasteiger partial charge in [0.2, 0.25) is 0 Å². The minimum atomic E-state index is -0.876. The lowest BCUT2D eigenvalue weighted by molar-refractivity contribution is -0.137. The Labute approximate surface area is 102 Å². The second-order valence-corrected chi connectivity index (χ2v) is 4.75. The number of hydrogen-bond donors (Lipinski definition) is 2. The largest absolute Gasteiger partial charge is 0.481 e. The fraction of sp³-hybridized carbons (Fsp3) is 0.500. The van der Waals surface area contributed by atoms with Crippen LogP contribution in [0.2, 0.25) is 0 Å². The summed E-state index contributed by atoms with van der Waals surface area (Å²) in [5, 5.41) is 18.2. The molecule has 94 valence electrons. The molecule has 0 aliphatic heterocycles. The molecular weight excluding hydrogens is 216 g/mol. The van der Waals surface area contributed by atoms with Gasteiger partial charge in [0, 0.05) is 5.92 Å². The number of benzene rings is 1. The first-order valence-corrected chi connectivity index (χ1v) is 5.88. The Morgan fingerprint density at radius 3 is 2.47 bits per heavy atom. The molecular formula is C14H20O3. The van der Waals surface area contributed by atoms with Gasteiger partial charge >= 0.3 is 5.97 Å². The Bertz CT molecular complexity index is 396. The van der Waals surface area contributed by atoms with Gasteiger partial charge in [0.05, 0.1) is 13.0 Å². The van der Waals surface area contributed by atoms with Crippen molar-refractivity contribution in [2.75, 3.05) is 6.61 Å². The van der Waals surface area contributed by atoms with Crippen LogP contribution in [0.25, 0.3) is 0 Å². The van der Waals surface area contributed by atoms with Gasteiger partial charge in [0.25, 0.3) is 0 Å². The van der Waals surface area contributed by atoms with Gasteiger partial charge in [0.15, 0.2) is 0 Å². The van der Waals surface area contributed by atoms with E-state index in [0.717, 1.165) is 11.1 Å². The quantitative estimate of drug-likeness (QED) is 0.826. The van der Waals surface area contributed by atoms with E-state index in [-0.39, 0.29) is 18.9 Å². The molecule has 1 atom stereocenters. The molecule has 0 radical (unpaired) electrons. The first kappa shape index (κ1) is 13.7. The number of hydrogen-bond acceptors (Lipinski definition) is 2. The van der Waals surface area contributed by atoms with E-state index < -0.39 is 5.97 Å². The third kappa shape index (κ3) is 3.56. The van der Waals surface area contributed by atoms with Crippen molar-refractivity contribution >= 4 is 5.97 Å². The predicted molar refractivity (Wildman–Crippen MR) is 67.3 cm³/mol. The summed E-state index contributed by atoms with van der Waals surface area (Å²) in [7, 11) is 0. The molecule has 0 aromatic heterocycles. The van der Waals surface area contributed by atoms with E-state index in [4.69, 9.17) is 5.11 Å². The Kier molecular flexibility index (Phi) is 4.70. The summed E-state index contributed by atoms with van der Waals surface area (Å²) in [5.74, 6) is -0.789. The number of aliphatic hydroxyl groups is 1. The van der Waals surface area contributed by atoms with Crippen LogP contribution in [0.1, 0.15) is 48.8 Å². The maximum absolute atomic E-state index is 10.8. The molecule has 0 aliphatic carbocycles. The van der Waals surface area contributed by atoms with Crippen LogP contribution >= 0.6 is 0 Å². The molecule has 1 aromatic carbocycles. The Hall–Kier alpha value is -1.35. The molecule has 2 N–H and O–H groups in total. The smallest absolute Gasteiger partial charge is 0.304 e. The van der Waals surface area contributed by atoms with E-state index in [1.54, 1.807) is 0 Å². The molecule has 0 spiro atoms. The monoisotopic (exact) mass is 236 g/mol. The molecule has 1 rings (SSSR count). The van der Waals surface area contributed by atoms with Crippen molar-refractivity contribution in [2.24, 2.45) is 0 Å². The minimum Gasteiger partial charge on any atom is -0.481 e. The molecule has 1 aromatic rings. The van der Waals surface area contributed by atoms with Gasteiger partial charge in [-0.15, -0.1) is 0 Å². The molecule has 0 saturated heterocycles. The number of carboxylic acids is 1. The summed E-state index contributed by atoms with van der Waals surface area (Å²) in [6.07, 6.45) is -0.0289. The summed E-state index contributed by atoms with van der Waals surface area (Å²) < 4.78 is 0. The standard InChI is InChI=1S/C14H20O3/c1-9(2)11-5-4-10(3)13(6-11)12(8-15)7-14(16)17/h4-6,9,12,15H,7-8H2,1-3H3,(H,16,17). The lowest BCUT2D eigenvalue weighted by Crippen LogP contribution is -2.12. The van der Waals surface area contributed by atoms with Crippen LogP contribution in [0, 0.1) is 6.92 Å². The van der Waals surface area contributed by atoms with Crippen molar-refractivity contribution in [2.45, 2.75) is 39.0 Å². The van der Waals surface area contributed by atoms with Crippen molar-refractivity contribution in [3.05, 3.63) is 34.9 Å². The molecule has 3 heteroatoms. The normalized spacial score (nSPS) is 12.8. The number of carboxylic acid groups (broad SMARTS) is 1. The predicted octanol–water partition coefficient (Wildman–Crippen LogP) is 2.67. The highest BCUT2D eigenvalue weighted by molar-refractivity contribution is 5.68. The van der Waals surface area contributed by atoms with Gasteiger partial charge in [-0.05, 0) is 29.5 Å². The van der Waals surface area contributed by atoms with E-state index in [1.807, 2.05) is 19.1 Å². The van der Waals surface area contributed by atoms with E-state index in [0.29, 0.717) is 5.92 Å². The van der Waals surface area contributed by atoms with Gasteiger partial charge in [0.1, 0.15) is 0 Å². The minimum absolute atomic E-state index is 0.0289. The number of carbonyl (C=O) groups is 1. The summed E-state index contributed by atoms with van der Waals surface area (Å²) in [5.41, 5.74) is 3.16. The number of rotatable bonds is 5. The number of aliphatic hydroxyl groups excluding tert-OH is 1. The Morgan fingerprint density at radius 2 is 2.00 bits per heavy atom. The van der Waals surface area contributed by atoms with Crippen LogP contribution in [0.15, 0.2) is 18.2 Å². The van der Waals surface area contributed by atoms with Gasteiger partial charge in [-0.2, -0.15) is 0 Å². The maximum atomic E-state index is 10.8. The highest BCUT2D eigenvalue weighted by Gasteiger charge is 2.17. The van der Waals surface area contributed by atoms with Crippen LogP contribution < -0.4 is 0 Å².